The normalized spacial score (nSPS) is 31.4. The molecule has 3 fully saturated rings. The molecule has 0 aromatic heterocycles. The van der Waals surface area contributed by atoms with Crippen LogP contribution in [0.25, 0.3) is 0 Å². The van der Waals surface area contributed by atoms with Gasteiger partial charge in [0, 0.05) is 30.1 Å². The zero-order chi connectivity index (χ0) is 19.0. The number of halogens is 1. The van der Waals surface area contributed by atoms with Gasteiger partial charge in [0.25, 0.3) is 0 Å². The number of hydrogen-bond donors (Lipinski definition) is 1. The highest BCUT2D eigenvalue weighted by molar-refractivity contribution is 9.10. The van der Waals surface area contributed by atoms with Crippen LogP contribution < -0.4 is 4.90 Å². The summed E-state index contributed by atoms with van der Waals surface area (Å²) in [6, 6.07) is 8.16. The summed E-state index contributed by atoms with van der Waals surface area (Å²) in [6.07, 6.45) is 6.18. The molecule has 1 spiro atoms. The van der Waals surface area contributed by atoms with Crippen molar-refractivity contribution in [3.63, 3.8) is 0 Å². The fraction of sp³-hybridized carbons (Fsp3) is 0.619. The van der Waals surface area contributed by atoms with Gasteiger partial charge in [-0.2, -0.15) is 5.26 Å². The van der Waals surface area contributed by atoms with E-state index in [4.69, 9.17) is 5.26 Å². The average Bonchev–Trinajstić information content (AvgIpc) is 2.98. The summed E-state index contributed by atoms with van der Waals surface area (Å²) in [5.41, 5.74) is 1.43. The Balaban J connectivity index is 1.51. The predicted octanol–water partition coefficient (Wildman–Crippen LogP) is 3.44. The van der Waals surface area contributed by atoms with Gasteiger partial charge in [0.2, 0.25) is 5.91 Å². The zero-order valence-electron chi connectivity index (χ0n) is 15.5. The molecule has 1 aromatic rings. The van der Waals surface area contributed by atoms with Gasteiger partial charge in [-0.05, 0) is 79.1 Å². The van der Waals surface area contributed by atoms with Crippen molar-refractivity contribution in [1.82, 2.24) is 4.90 Å². The summed E-state index contributed by atoms with van der Waals surface area (Å²) in [7, 11) is 0. The number of anilines is 1. The first-order valence-electron chi connectivity index (χ1n) is 9.96. The number of likely N-dealkylation sites (tertiary alicyclic amines) is 1. The Morgan fingerprint density at radius 2 is 1.96 bits per heavy atom. The van der Waals surface area contributed by atoms with Crippen LogP contribution in [0.5, 0.6) is 0 Å². The Morgan fingerprint density at radius 3 is 2.67 bits per heavy atom. The second kappa shape index (κ2) is 7.44. The SMILES string of the molecule is N#Cc1ccc(N2CCC[C@]3(CCN(C4CCC(O)CC4)C3=O)C2)c(Br)c1. The third-order valence-electron chi connectivity index (χ3n) is 6.65. The van der Waals surface area contributed by atoms with E-state index < -0.39 is 0 Å². The van der Waals surface area contributed by atoms with E-state index >= 15 is 0 Å². The van der Waals surface area contributed by atoms with E-state index in [2.05, 4.69) is 31.8 Å². The Labute approximate surface area is 169 Å². The molecule has 1 aromatic carbocycles. The molecule has 4 rings (SSSR count). The molecule has 1 aliphatic carbocycles. The average molecular weight is 432 g/mol. The highest BCUT2D eigenvalue weighted by atomic mass is 79.9. The Bertz CT molecular complexity index is 769. The number of aliphatic hydroxyl groups is 1. The molecule has 0 radical (unpaired) electrons. The monoisotopic (exact) mass is 431 g/mol. The highest BCUT2D eigenvalue weighted by Gasteiger charge is 2.50. The maximum Gasteiger partial charge on any atom is 0.230 e. The van der Waals surface area contributed by atoms with Gasteiger partial charge in [0.05, 0.1) is 28.8 Å². The summed E-state index contributed by atoms with van der Waals surface area (Å²) in [4.78, 5) is 17.8. The second-order valence-corrected chi connectivity index (χ2v) is 9.15. The van der Waals surface area contributed by atoms with Gasteiger partial charge in [-0.3, -0.25) is 4.79 Å². The molecule has 2 saturated heterocycles. The van der Waals surface area contributed by atoms with Crippen LogP contribution in [0.1, 0.15) is 50.5 Å². The van der Waals surface area contributed by atoms with Crippen LogP contribution in [0, 0.1) is 16.7 Å². The van der Waals surface area contributed by atoms with Crippen LogP contribution in [0.15, 0.2) is 22.7 Å². The molecule has 3 aliphatic rings. The van der Waals surface area contributed by atoms with E-state index in [1.807, 2.05) is 18.2 Å². The lowest BCUT2D eigenvalue weighted by Gasteiger charge is -2.41. The predicted molar refractivity (Wildman–Crippen MR) is 107 cm³/mol. The molecule has 0 unspecified atom stereocenters. The minimum atomic E-state index is -0.276. The quantitative estimate of drug-likeness (QED) is 0.778. The number of amides is 1. The Morgan fingerprint density at radius 1 is 1.19 bits per heavy atom. The number of benzene rings is 1. The number of rotatable bonds is 2. The van der Waals surface area contributed by atoms with E-state index in [1.54, 1.807) is 0 Å². The van der Waals surface area contributed by atoms with Crippen molar-refractivity contribution in [1.29, 1.82) is 5.26 Å². The fourth-order valence-corrected chi connectivity index (χ4v) is 5.74. The Hall–Kier alpha value is -1.58. The number of aliphatic hydroxyl groups excluding tert-OH is 1. The lowest BCUT2D eigenvalue weighted by atomic mass is 9.78. The van der Waals surface area contributed by atoms with Gasteiger partial charge < -0.3 is 14.9 Å². The van der Waals surface area contributed by atoms with Crippen molar-refractivity contribution in [3.05, 3.63) is 28.2 Å². The van der Waals surface area contributed by atoms with Crippen LogP contribution in [0.3, 0.4) is 0 Å². The first kappa shape index (κ1) is 18.8. The molecule has 144 valence electrons. The molecule has 1 N–H and O–H groups in total. The molecular weight excluding hydrogens is 406 g/mol. The van der Waals surface area contributed by atoms with Crippen LogP contribution in [0.4, 0.5) is 5.69 Å². The molecule has 1 atom stereocenters. The summed E-state index contributed by atoms with van der Waals surface area (Å²) in [5.74, 6) is 0.318. The van der Waals surface area contributed by atoms with E-state index in [9.17, 15) is 9.90 Å². The summed E-state index contributed by atoms with van der Waals surface area (Å²) < 4.78 is 0.919. The van der Waals surface area contributed by atoms with Crippen molar-refractivity contribution >= 4 is 27.5 Å². The van der Waals surface area contributed by atoms with Crippen molar-refractivity contribution < 1.29 is 9.90 Å². The number of hydrogen-bond acceptors (Lipinski definition) is 4. The summed E-state index contributed by atoms with van der Waals surface area (Å²) in [6.45, 7) is 2.54. The molecule has 2 aliphatic heterocycles. The molecule has 1 saturated carbocycles. The molecule has 0 bridgehead atoms. The molecular formula is C21H26BrN3O2. The highest BCUT2D eigenvalue weighted by Crippen LogP contribution is 2.44. The number of carbonyl (C=O) groups is 1. The van der Waals surface area contributed by atoms with Crippen molar-refractivity contribution in [2.75, 3.05) is 24.5 Å². The van der Waals surface area contributed by atoms with E-state index in [0.29, 0.717) is 17.5 Å². The van der Waals surface area contributed by atoms with Crippen molar-refractivity contribution in [2.24, 2.45) is 5.41 Å². The van der Waals surface area contributed by atoms with Gasteiger partial charge in [-0.1, -0.05) is 0 Å². The maximum absolute atomic E-state index is 13.4. The fourth-order valence-electron chi connectivity index (χ4n) is 5.11. The van der Waals surface area contributed by atoms with Gasteiger partial charge in [-0.25, -0.2) is 0 Å². The largest absolute Gasteiger partial charge is 0.393 e. The number of nitriles is 1. The van der Waals surface area contributed by atoms with Gasteiger partial charge in [-0.15, -0.1) is 0 Å². The third-order valence-corrected chi connectivity index (χ3v) is 7.28. The second-order valence-electron chi connectivity index (χ2n) is 8.29. The maximum atomic E-state index is 13.4. The number of carbonyl (C=O) groups excluding carboxylic acids is 1. The van der Waals surface area contributed by atoms with E-state index in [-0.39, 0.29) is 11.5 Å². The van der Waals surface area contributed by atoms with Crippen LogP contribution >= 0.6 is 15.9 Å². The summed E-state index contributed by atoms with van der Waals surface area (Å²) in [5, 5.41) is 18.9. The van der Waals surface area contributed by atoms with Crippen molar-refractivity contribution in [3.8, 4) is 6.07 Å². The molecule has 6 heteroatoms. The first-order chi connectivity index (χ1) is 13.0. The molecule has 1 amide bonds. The molecule has 2 heterocycles. The topological polar surface area (TPSA) is 67.6 Å². The number of piperidine rings is 1. The van der Waals surface area contributed by atoms with Crippen molar-refractivity contribution in [2.45, 2.75) is 57.1 Å². The smallest absolute Gasteiger partial charge is 0.230 e. The van der Waals surface area contributed by atoms with E-state index in [0.717, 1.165) is 74.7 Å². The lowest BCUT2D eigenvalue weighted by molar-refractivity contribution is -0.139. The summed E-state index contributed by atoms with van der Waals surface area (Å²) >= 11 is 3.60. The molecule has 5 nitrogen and oxygen atoms in total. The van der Waals surface area contributed by atoms with E-state index in [1.165, 1.54) is 0 Å². The molecule has 27 heavy (non-hydrogen) atoms. The minimum absolute atomic E-state index is 0.188. The van der Waals surface area contributed by atoms with Gasteiger partial charge in [0.1, 0.15) is 0 Å². The first-order valence-corrected chi connectivity index (χ1v) is 10.8. The number of nitrogens with zero attached hydrogens (tertiary/aromatic N) is 3. The Kier molecular flexibility index (Phi) is 5.17. The lowest BCUT2D eigenvalue weighted by Crippen LogP contribution is -2.50. The minimum Gasteiger partial charge on any atom is -0.393 e. The van der Waals surface area contributed by atoms with Crippen LogP contribution in [-0.4, -0.2) is 47.7 Å². The van der Waals surface area contributed by atoms with Gasteiger partial charge >= 0.3 is 0 Å². The van der Waals surface area contributed by atoms with Crippen LogP contribution in [-0.2, 0) is 4.79 Å². The standard InChI is InChI=1S/C21H26BrN3O2/c22-18-12-15(13-23)2-7-19(18)24-10-1-8-21(14-24)9-11-25(20(21)27)16-3-5-17(26)6-4-16/h2,7,12,16-17,26H,1,3-6,8-11,14H2/t16?,17?,21-/m0/s1. The third kappa shape index (κ3) is 3.48. The van der Waals surface area contributed by atoms with Crippen LogP contribution in [0.2, 0.25) is 0 Å². The zero-order valence-corrected chi connectivity index (χ0v) is 17.1. The van der Waals surface area contributed by atoms with Gasteiger partial charge in [0.15, 0.2) is 0 Å².